The van der Waals surface area contributed by atoms with E-state index in [1.165, 1.54) is 0 Å². The van der Waals surface area contributed by atoms with Crippen molar-refractivity contribution >= 4 is 5.91 Å². The summed E-state index contributed by atoms with van der Waals surface area (Å²) in [5, 5.41) is 18.2. The van der Waals surface area contributed by atoms with Crippen LogP contribution in [0.2, 0.25) is 0 Å². The van der Waals surface area contributed by atoms with Gasteiger partial charge in [-0.3, -0.25) is 4.79 Å². The van der Waals surface area contributed by atoms with Gasteiger partial charge in [-0.25, -0.2) is 0 Å². The third-order valence-corrected chi connectivity index (χ3v) is 4.95. The zero-order valence-electron chi connectivity index (χ0n) is 14.6. The molecule has 1 aliphatic heterocycles. The Morgan fingerprint density at radius 2 is 1.96 bits per heavy atom. The molecule has 1 aliphatic rings. The van der Waals surface area contributed by atoms with E-state index in [-0.39, 0.29) is 18.4 Å². The van der Waals surface area contributed by atoms with Gasteiger partial charge in [-0.05, 0) is 38.2 Å². The Bertz CT molecular complexity index is 703. The summed E-state index contributed by atoms with van der Waals surface area (Å²) in [6.45, 7) is 4.81. The number of nitrogens with zero attached hydrogens (tertiary/aromatic N) is 1. The number of benzene rings is 1. The van der Waals surface area contributed by atoms with Crippen LogP contribution in [0.5, 0.6) is 0 Å². The Kier molecular flexibility index (Phi) is 5.20. The molecule has 6 nitrogen and oxygen atoms in total. The van der Waals surface area contributed by atoms with Crippen molar-refractivity contribution in [2.24, 2.45) is 5.92 Å². The first-order chi connectivity index (χ1) is 12.0. The molecular formula is C19H24N2O4. The maximum Gasteiger partial charge on any atom is 0.256 e. The van der Waals surface area contributed by atoms with Crippen molar-refractivity contribution < 1.29 is 19.2 Å². The lowest BCUT2D eigenvalue weighted by molar-refractivity contribution is -0.0680. The van der Waals surface area contributed by atoms with E-state index in [9.17, 15) is 9.90 Å². The Hall–Kier alpha value is -2.18. The summed E-state index contributed by atoms with van der Waals surface area (Å²) in [7, 11) is 0. The van der Waals surface area contributed by atoms with Gasteiger partial charge in [-0.1, -0.05) is 35.5 Å². The zero-order valence-corrected chi connectivity index (χ0v) is 14.6. The number of aryl methyl sites for hydroxylation is 2. The molecule has 1 fully saturated rings. The number of aliphatic hydroxyl groups is 1. The second-order valence-electron chi connectivity index (χ2n) is 6.56. The van der Waals surface area contributed by atoms with Crippen molar-refractivity contribution in [2.75, 3.05) is 19.8 Å². The highest BCUT2D eigenvalue weighted by Crippen LogP contribution is 2.35. The molecule has 0 unspecified atom stereocenters. The molecular weight excluding hydrogens is 320 g/mol. The molecule has 0 radical (unpaired) electrons. The van der Waals surface area contributed by atoms with Crippen molar-refractivity contribution in [3.63, 3.8) is 0 Å². The van der Waals surface area contributed by atoms with Gasteiger partial charge in [0, 0.05) is 13.2 Å². The van der Waals surface area contributed by atoms with Gasteiger partial charge in [0.2, 0.25) is 0 Å². The Morgan fingerprint density at radius 3 is 2.56 bits per heavy atom. The molecule has 0 spiro atoms. The fourth-order valence-corrected chi connectivity index (χ4v) is 3.49. The van der Waals surface area contributed by atoms with E-state index in [0.717, 1.165) is 18.4 Å². The summed E-state index contributed by atoms with van der Waals surface area (Å²) >= 11 is 0. The lowest BCUT2D eigenvalue weighted by atomic mass is 9.77. The van der Waals surface area contributed by atoms with Gasteiger partial charge in [0.25, 0.3) is 5.91 Å². The number of hydrogen-bond donors (Lipinski definition) is 2. The quantitative estimate of drug-likeness (QED) is 0.870. The average Bonchev–Trinajstić information content (AvgIpc) is 2.99. The van der Waals surface area contributed by atoms with Crippen LogP contribution in [0.1, 0.15) is 40.2 Å². The van der Waals surface area contributed by atoms with Crippen LogP contribution in [0.15, 0.2) is 34.9 Å². The van der Waals surface area contributed by atoms with Crippen molar-refractivity contribution in [3.8, 4) is 0 Å². The standard InChI is InChI=1S/C19H24N2O4/c1-13-17(14(2)25-21-13)18(22)20-12-19(23,15-6-4-3-5-7-15)16-8-10-24-11-9-16/h3-7,16,23H,8-12H2,1-2H3,(H,20,22)/t19-/m1/s1. The van der Waals surface area contributed by atoms with Crippen molar-refractivity contribution in [1.82, 2.24) is 10.5 Å². The normalized spacial score (nSPS) is 17.9. The monoisotopic (exact) mass is 344 g/mol. The Balaban J connectivity index is 1.82. The maximum absolute atomic E-state index is 12.6. The highest BCUT2D eigenvalue weighted by molar-refractivity contribution is 5.96. The van der Waals surface area contributed by atoms with Gasteiger partial charge >= 0.3 is 0 Å². The van der Waals surface area contributed by atoms with Crippen molar-refractivity contribution in [1.29, 1.82) is 0 Å². The summed E-state index contributed by atoms with van der Waals surface area (Å²) < 4.78 is 10.5. The first-order valence-corrected chi connectivity index (χ1v) is 8.59. The summed E-state index contributed by atoms with van der Waals surface area (Å²) in [6, 6.07) is 9.51. The number of rotatable bonds is 5. The molecule has 2 N–H and O–H groups in total. The van der Waals surface area contributed by atoms with Crippen LogP contribution in [0.4, 0.5) is 0 Å². The SMILES string of the molecule is Cc1noc(C)c1C(=O)NC[C@@](O)(c1ccccc1)C1CCOCC1. The van der Waals surface area contributed by atoms with Crippen LogP contribution >= 0.6 is 0 Å². The van der Waals surface area contributed by atoms with Crippen LogP contribution in [0.3, 0.4) is 0 Å². The van der Waals surface area contributed by atoms with E-state index in [1.54, 1.807) is 13.8 Å². The molecule has 1 aromatic carbocycles. The average molecular weight is 344 g/mol. The minimum atomic E-state index is -1.14. The van der Waals surface area contributed by atoms with E-state index in [0.29, 0.717) is 30.2 Å². The number of hydrogen-bond acceptors (Lipinski definition) is 5. The molecule has 1 aromatic heterocycles. The minimum absolute atomic E-state index is 0.0219. The summed E-state index contributed by atoms with van der Waals surface area (Å²) in [4.78, 5) is 12.6. The topological polar surface area (TPSA) is 84.6 Å². The highest BCUT2D eigenvalue weighted by atomic mass is 16.5. The zero-order chi connectivity index (χ0) is 17.9. The van der Waals surface area contributed by atoms with Crippen LogP contribution in [-0.2, 0) is 10.3 Å². The first-order valence-electron chi connectivity index (χ1n) is 8.59. The Labute approximate surface area is 147 Å². The molecule has 134 valence electrons. The molecule has 0 aliphatic carbocycles. The van der Waals surface area contributed by atoms with E-state index >= 15 is 0 Å². The molecule has 0 bridgehead atoms. The predicted octanol–water partition coefficient (Wildman–Crippen LogP) is 2.34. The second-order valence-corrected chi connectivity index (χ2v) is 6.56. The molecule has 2 heterocycles. The molecule has 25 heavy (non-hydrogen) atoms. The van der Waals surface area contributed by atoms with Gasteiger partial charge in [-0.2, -0.15) is 0 Å². The van der Waals surface area contributed by atoms with Crippen LogP contribution in [0, 0.1) is 19.8 Å². The van der Waals surface area contributed by atoms with E-state index in [2.05, 4.69) is 10.5 Å². The molecule has 0 saturated carbocycles. The van der Waals surface area contributed by atoms with Gasteiger partial charge in [0.15, 0.2) is 0 Å². The second kappa shape index (κ2) is 7.37. The number of amides is 1. The number of aromatic nitrogens is 1. The fraction of sp³-hybridized carbons (Fsp3) is 0.474. The van der Waals surface area contributed by atoms with E-state index in [1.807, 2.05) is 30.3 Å². The Morgan fingerprint density at radius 1 is 1.28 bits per heavy atom. The van der Waals surface area contributed by atoms with Gasteiger partial charge in [0.1, 0.15) is 16.9 Å². The van der Waals surface area contributed by atoms with Crippen LogP contribution in [0.25, 0.3) is 0 Å². The maximum atomic E-state index is 12.6. The van der Waals surface area contributed by atoms with Crippen molar-refractivity contribution in [3.05, 3.63) is 52.9 Å². The third-order valence-electron chi connectivity index (χ3n) is 4.95. The molecule has 2 aromatic rings. The molecule has 3 rings (SSSR count). The molecule has 6 heteroatoms. The van der Waals surface area contributed by atoms with Gasteiger partial charge in [0.05, 0.1) is 12.2 Å². The van der Waals surface area contributed by atoms with E-state index in [4.69, 9.17) is 9.26 Å². The van der Waals surface area contributed by atoms with E-state index < -0.39 is 5.60 Å². The highest BCUT2D eigenvalue weighted by Gasteiger charge is 2.39. The summed E-state index contributed by atoms with van der Waals surface area (Å²) in [5.74, 6) is 0.218. The summed E-state index contributed by atoms with van der Waals surface area (Å²) in [5.41, 5.74) is 0.646. The molecule has 1 atom stereocenters. The number of nitrogens with one attached hydrogen (secondary N) is 1. The minimum Gasteiger partial charge on any atom is -0.383 e. The predicted molar refractivity (Wildman–Crippen MR) is 92.2 cm³/mol. The first kappa shape index (κ1) is 17.6. The number of ether oxygens (including phenoxy) is 1. The largest absolute Gasteiger partial charge is 0.383 e. The summed E-state index contributed by atoms with van der Waals surface area (Å²) in [6.07, 6.45) is 1.51. The van der Waals surface area contributed by atoms with Gasteiger partial charge < -0.3 is 19.7 Å². The fourth-order valence-electron chi connectivity index (χ4n) is 3.49. The number of carbonyl (C=O) groups is 1. The smallest absolute Gasteiger partial charge is 0.256 e. The third kappa shape index (κ3) is 3.60. The molecule has 1 saturated heterocycles. The van der Waals surface area contributed by atoms with Crippen LogP contribution < -0.4 is 5.32 Å². The number of carbonyl (C=O) groups excluding carboxylic acids is 1. The van der Waals surface area contributed by atoms with Crippen molar-refractivity contribution in [2.45, 2.75) is 32.3 Å². The lowest BCUT2D eigenvalue weighted by Crippen LogP contribution is -2.47. The lowest BCUT2D eigenvalue weighted by Gasteiger charge is -2.39. The van der Waals surface area contributed by atoms with Gasteiger partial charge in [-0.15, -0.1) is 0 Å². The van der Waals surface area contributed by atoms with Crippen LogP contribution in [-0.4, -0.2) is 35.9 Å². The molecule has 1 amide bonds.